The Morgan fingerprint density at radius 1 is 1.26 bits per heavy atom. The topological polar surface area (TPSA) is 78.5 Å². The van der Waals surface area contributed by atoms with Gasteiger partial charge in [-0.2, -0.15) is 0 Å². The quantitative estimate of drug-likeness (QED) is 0.720. The zero-order chi connectivity index (χ0) is 14.3. The summed E-state index contributed by atoms with van der Waals surface area (Å²) in [5.41, 5.74) is 2.21. The fraction of sp³-hybridized carbons (Fsp3) is 0.429. The maximum Gasteiger partial charge on any atom is 0.220 e. The van der Waals surface area contributed by atoms with E-state index in [1.165, 1.54) is 5.56 Å². The number of ether oxygens (including phenoxy) is 1. The van der Waals surface area contributed by atoms with E-state index in [0.29, 0.717) is 13.2 Å². The van der Waals surface area contributed by atoms with E-state index in [1.54, 1.807) is 0 Å². The second kappa shape index (κ2) is 7.41. The molecule has 1 rings (SSSR count). The minimum absolute atomic E-state index is 0.0636. The number of benzene rings is 1. The van der Waals surface area contributed by atoms with Crippen LogP contribution < -0.4 is 15.2 Å². The van der Waals surface area contributed by atoms with Gasteiger partial charge < -0.3 is 20.0 Å². The third kappa shape index (κ3) is 5.90. The zero-order valence-corrected chi connectivity index (χ0v) is 11.2. The van der Waals surface area contributed by atoms with Gasteiger partial charge in [0, 0.05) is 12.4 Å². The van der Waals surface area contributed by atoms with Crippen molar-refractivity contribution in [1.29, 1.82) is 0 Å². The molecule has 0 aliphatic carbocycles. The molecule has 0 aliphatic heterocycles. The Labute approximate surface area is 112 Å². The number of carbonyl (C=O) groups excluding carboxylic acids is 2. The fourth-order valence-electron chi connectivity index (χ4n) is 1.62. The number of hydrogen-bond donors (Lipinski definition) is 1. The third-order valence-electron chi connectivity index (χ3n) is 2.57. The SMILES string of the molecule is Cc1ccc(OCCNC(=O)CCC(=O)[O-])c(C)c1. The Morgan fingerprint density at radius 2 is 2.00 bits per heavy atom. The average Bonchev–Trinajstić information content (AvgIpc) is 2.34. The van der Waals surface area contributed by atoms with Crippen LogP contribution in [0.25, 0.3) is 0 Å². The maximum absolute atomic E-state index is 11.2. The highest BCUT2D eigenvalue weighted by Crippen LogP contribution is 2.18. The number of carbonyl (C=O) groups is 2. The molecule has 0 heterocycles. The lowest BCUT2D eigenvalue weighted by Gasteiger charge is -2.10. The molecule has 1 aromatic rings. The predicted octanol–water partition coefficient (Wildman–Crippen LogP) is 0.329. The highest BCUT2D eigenvalue weighted by atomic mass is 16.5. The van der Waals surface area contributed by atoms with Crippen molar-refractivity contribution >= 4 is 11.9 Å². The van der Waals surface area contributed by atoms with Crippen LogP contribution >= 0.6 is 0 Å². The first-order chi connectivity index (χ1) is 8.99. The summed E-state index contributed by atoms with van der Waals surface area (Å²) in [5.74, 6) is -0.746. The normalized spacial score (nSPS) is 10.0. The van der Waals surface area contributed by atoms with Crippen molar-refractivity contribution in [3.8, 4) is 5.75 Å². The summed E-state index contributed by atoms with van der Waals surface area (Å²) in [7, 11) is 0. The number of amides is 1. The molecule has 1 aromatic carbocycles. The molecule has 1 N–H and O–H groups in total. The van der Waals surface area contributed by atoms with E-state index in [4.69, 9.17) is 4.74 Å². The number of nitrogens with one attached hydrogen (secondary N) is 1. The van der Waals surface area contributed by atoms with Crippen molar-refractivity contribution in [3.05, 3.63) is 29.3 Å². The molecule has 1 amide bonds. The molecule has 19 heavy (non-hydrogen) atoms. The van der Waals surface area contributed by atoms with Gasteiger partial charge >= 0.3 is 0 Å². The molecule has 0 atom stereocenters. The van der Waals surface area contributed by atoms with Crippen molar-refractivity contribution < 1.29 is 19.4 Å². The fourth-order valence-corrected chi connectivity index (χ4v) is 1.62. The first-order valence-electron chi connectivity index (χ1n) is 6.15. The summed E-state index contributed by atoms with van der Waals surface area (Å²) in [5, 5.41) is 12.8. The Balaban J connectivity index is 2.23. The van der Waals surface area contributed by atoms with Crippen LogP contribution in [0.3, 0.4) is 0 Å². The van der Waals surface area contributed by atoms with Crippen molar-refractivity contribution in [3.63, 3.8) is 0 Å². The van der Waals surface area contributed by atoms with Crippen LogP contribution in [0.1, 0.15) is 24.0 Å². The number of aliphatic carboxylic acids is 1. The second-order valence-electron chi connectivity index (χ2n) is 4.34. The van der Waals surface area contributed by atoms with Gasteiger partial charge in [-0.1, -0.05) is 17.7 Å². The van der Waals surface area contributed by atoms with Gasteiger partial charge in [-0.05, 0) is 31.9 Å². The Bertz CT molecular complexity index is 457. The molecule has 5 heteroatoms. The van der Waals surface area contributed by atoms with Crippen LogP contribution in [-0.2, 0) is 9.59 Å². The molecule has 5 nitrogen and oxygen atoms in total. The molecule has 0 saturated heterocycles. The number of carboxylic acid groups (broad SMARTS) is 1. The number of carboxylic acids is 1. The van der Waals surface area contributed by atoms with E-state index in [2.05, 4.69) is 5.32 Å². The van der Waals surface area contributed by atoms with Crippen molar-refractivity contribution in [1.82, 2.24) is 5.32 Å². The van der Waals surface area contributed by atoms with E-state index in [9.17, 15) is 14.7 Å². The van der Waals surface area contributed by atoms with Crippen LogP contribution in [0.2, 0.25) is 0 Å². The standard InChI is InChI=1S/C14H19NO4/c1-10-3-4-12(11(2)9-10)19-8-7-15-13(16)5-6-14(17)18/h3-4,9H,5-8H2,1-2H3,(H,15,16)(H,17,18)/p-1. The number of aryl methyl sites for hydroxylation is 2. The highest BCUT2D eigenvalue weighted by molar-refractivity contribution is 5.79. The van der Waals surface area contributed by atoms with Crippen LogP contribution in [0.4, 0.5) is 0 Å². The lowest BCUT2D eigenvalue weighted by Crippen LogP contribution is -2.30. The van der Waals surface area contributed by atoms with E-state index in [1.807, 2.05) is 32.0 Å². The van der Waals surface area contributed by atoms with Crippen molar-refractivity contribution in [2.75, 3.05) is 13.2 Å². The molecule has 0 spiro atoms. The summed E-state index contributed by atoms with van der Waals surface area (Å²) in [6.07, 6.45) is -0.324. The second-order valence-corrected chi connectivity index (χ2v) is 4.34. The number of hydrogen-bond acceptors (Lipinski definition) is 4. The molecule has 0 bridgehead atoms. The molecular weight excluding hydrogens is 246 g/mol. The van der Waals surface area contributed by atoms with Gasteiger partial charge in [-0.3, -0.25) is 4.79 Å². The van der Waals surface area contributed by atoms with Gasteiger partial charge in [0.15, 0.2) is 0 Å². The summed E-state index contributed by atoms with van der Waals surface area (Å²) < 4.78 is 5.52. The summed E-state index contributed by atoms with van der Waals surface area (Å²) in [6, 6.07) is 5.87. The van der Waals surface area contributed by atoms with Crippen LogP contribution in [0.5, 0.6) is 5.75 Å². The van der Waals surface area contributed by atoms with Crippen molar-refractivity contribution in [2.45, 2.75) is 26.7 Å². The monoisotopic (exact) mass is 264 g/mol. The molecule has 0 aromatic heterocycles. The minimum atomic E-state index is -1.22. The van der Waals surface area contributed by atoms with Gasteiger partial charge in [0.05, 0.1) is 6.54 Å². The molecule has 0 fully saturated rings. The molecule has 0 unspecified atom stereocenters. The van der Waals surface area contributed by atoms with Gasteiger partial charge in [0.25, 0.3) is 0 Å². The van der Waals surface area contributed by atoms with Crippen molar-refractivity contribution in [2.24, 2.45) is 0 Å². The van der Waals surface area contributed by atoms with E-state index < -0.39 is 5.97 Å². The Kier molecular flexibility index (Phi) is 5.85. The third-order valence-corrected chi connectivity index (χ3v) is 2.57. The summed E-state index contributed by atoms with van der Waals surface area (Å²) in [4.78, 5) is 21.4. The van der Waals surface area contributed by atoms with Gasteiger partial charge in [-0.25, -0.2) is 0 Å². The molecule has 0 radical (unpaired) electrons. The first-order valence-corrected chi connectivity index (χ1v) is 6.15. The Hall–Kier alpha value is -2.04. The predicted molar refractivity (Wildman–Crippen MR) is 68.7 cm³/mol. The van der Waals surface area contributed by atoms with Crippen LogP contribution in [-0.4, -0.2) is 25.0 Å². The molecular formula is C14H18NO4-. The maximum atomic E-state index is 11.2. The highest BCUT2D eigenvalue weighted by Gasteiger charge is 2.02. The first kappa shape index (κ1) is 15.0. The molecule has 0 saturated carbocycles. The number of rotatable bonds is 7. The largest absolute Gasteiger partial charge is 0.550 e. The zero-order valence-electron chi connectivity index (χ0n) is 11.2. The van der Waals surface area contributed by atoms with Gasteiger partial charge in [0.2, 0.25) is 5.91 Å². The van der Waals surface area contributed by atoms with E-state index in [-0.39, 0.29) is 18.7 Å². The van der Waals surface area contributed by atoms with Crippen LogP contribution in [0, 0.1) is 13.8 Å². The molecule has 104 valence electrons. The lowest BCUT2D eigenvalue weighted by molar-refractivity contribution is -0.305. The van der Waals surface area contributed by atoms with E-state index >= 15 is 0 Å². The Morgan fingerprint density at radius 3 is 2.63 bits per heavy atom. The average molecular weight is 264 g/mol. The summed E-state index contributed by atoms with van der Waals surface area (Å²) >= 11 is 0. The van der Waals surface area contributed by atoms with Crippen LogP contribution in [0.15, 0.2) is 18.2 Å². The summed E-state index contributed by atoms with van der Waals surface area (Å²) in [6.45, 7) is 4.66. The minimum Gasteiger partial charge on any atom is -0.550 e. The van der Waals surface area contributed by atoms with Gasteiger partial charge in [-0.15, -0.1) is 0 Å². The smallest absolute Gasteiger partial charge is 0.220 e. The lowest BCUT2D eigenvalue weighted by atomic mass is 10.1. The van der Waals surface area contributed by atoms with Gasteiger partial charge in [0.1, 0.15) is 12.4 Å². The van der Waals surface area contributed by atoms with E-state index in [0.717, 1.165) is 11.3 Å². The molecule has 0 aliphatic rings.